The number of hydrogen-bond acceptors (Lipinski definition) is 7. The van der Waals surface area contributed by atoms with E-state index in [-0.39, 0.29) is 29.9 Å². The van der Waals surface area contributed by atoms with Gasteiger partial charge in [-0.3, -0.25) is 14.3 Å². The van der Waals surface area contributed by atoms with Crippen LogP contribution in [0.2, 0.25) is 0 Å². The third kappa shape index (κ3) is 4.30. The maximum atomic E-state index is 12.2. The van der Waals surface area contributed by atoms with Crippen LogP contribution in [-0.4, -0.2) is 68.7 Å². The highest BCUT2D eigenvalue weighted by Crippen LogP contribution is 2.37. The lowest BCUT2D eigenvalue weighted by Gasteiger charge is -2.36. The molecule has 2 unspecified atom stereocenters. The Balaban J connectivity index is 1.79. The first-order chi connectivity index (χ1) is 14.1. The van der Waals surface area contributed by atoms with E-state index in [0.717, 1.165) is 0 Å². The van der Waals surface area contributed by atoms with Crippen molar-refractivity contribution in [2.24, 2.45) is 5.92 Å². The Morgan fingerprint density at radius 2 is 1.93 bits per heavy atom. The first kappa shape index (κ1) is 22.9. The second-order valence-electron chi connectivity index (χ2n) is 8.67. The van der Waals surface area contributed by atoms with E-state index in [2.05, 4.69) is 61.4 Å². The molecule has 3 heterocycles. The van der Waals surface area contributed by atoms with Gasteiger partial charge in [0.05, 0.1) is 19.0 Å². The molecule has 1 aliphatic heterocycles. The average Bonchev–Trinajstić information content (AvgIpc) is 3.20. The van der Waals surface area contributed by atoms with Crippen molar-refractivity contribution in [2.45, 2.75) is 85.2 Å². The Hall–Kier alpha value is -1.81. The van der Waals surface area contributed by atoms with Gasteiger partial charge in [-0.25, -0.2) is 9.97 Å². The lowest BCUT2D eigenvalue weighted by Crippen LogP contribution is -2.46. The van der Waals surface area contributed by atoms with E-state index in [1.165, 1.54) is 0 Å². The highest BCUT2D eigenvalue weighted by atomic mass is 16.6. The molecule has 0 amide bonds. The zero-order chi connectivity index (χ0) is 22.2. The summed E-state index contributed by atoms with van der Waals surface area (Å²) < 4.78 is 20.1. The number of imidazole rings is 1. The number of ether oxygens (including phenoxy) is 3. The van der Waals surface area contributed by atoms with E-state index in [1.807, 2.05) is 0 Å². The Bertz CT molecular complexity index is 900. The number of H-pyrrole nitrogens is 1. The molecular weight excluding hydrogens is 386 g/mol. The molecule has 0 spiro atoms. The number of nitrogens with zero attached hydrogens (tertiary/aromatic N) is 4. The largest absolute Gasteiger partial charge is 0.376 e. The molecule has 9 heteroatoms. The molecule has 1 aliphatic rings. The molecule has 1 N–H and O–H groups in total. The molecule has 2 aromatic rings. The van der Waals surface area contributed by atoms with Gasteiger partial charge in [0, 0.05) is 25.1 Å². The number of rotatable bonds is 8. The van der Waals surface area contributed by atoms with E-state index in [9.17, 15) is 4.79 Å². The van der Waals surface area contributed by atoms with Gasteiger partial charge in [-0.05, 0) is 41.5 Å². The van der Waals surface area contributed by atoms with Crippen molar-refractivity contribution in [1.82, 2.24) is 24.4 Å². The van der Waals surface area contributed by atoms with Crippen LogP contribution in [0.4, 0.5) is 0 Å². The number of aromatic amines is 1. The van der Waals surface area contributed by atoms with Gasteiger partial charge in [0.1, 0.15) is 18.2 Å². The van der Waals surface area contributed by atoms with Crippen molar-refractivity contribution < 1.29 is 14.2 Å². The Labute approximate surface area is 177 Å². The van der Waals surface area contributed by atoms with Crippen LogP contribution in [0, 0.1) is 12.8 Å². The van der Waals surface area contributed by atoms with Crippen LogP contribution in [-0.2, 0) is 14.2 Å². The molecule has 0 saturated carbocycles. The summed E-state index contributed by atoms with van der Waals surface area (Å²) in [6.07, 6.45) is 0.778. The van der Waals surface area contributed by atoms with Crippen LogP contribution in [0.5, 0.6) is 0 Å². The van der Waals surface area contributed by atoms with Crippen molar-refractivity contribution in [1.29, 1.82) is 0 Å². The molecule has 5 atom stereocenters. The highest BCUT2D eigenvalue weighted by Gasteiger charge is 2.44. The van der Waals surface area contributed by atoms with Crippen LogP contribution in [0.1, 0.15) is 53.6 Å². The minimum absolute atomic E-state index is 0.0298. The summed E-state index contributed by atoms with van der Waals surface area (Å²) in [5.41, 5.74) is 0.535. The molecule has 168 valence electrons. The average molecular weight is 422 g/mol. The van der Waals surface area contributed by atoms with Crippen molar-refractivity contribution in [3.63, 3.8) is 0 Å². The van der Waals surface area contributed by atoms with Crippen LogP contribution in [0.15, 0.2) is 11.1 Å². The summed E-state index contributed by atoms with van der Waals surface area (Å²) in [6, 6.07) is 0.761. The smallest absolute Gasteiger partial charge is 0.279 e. The van der Waals surface area contributed by atoms with Crippen molar-refractivity contribution in [3.05, 3.63) is 22.5 Å². The first-order valence-electron chi connectivity index (χ1n) is 10.7. The fourth-order valence-corrected chi connectivity index (χ4v) is 4.58. The molecule has 0 bridgehead atoms. The van der Waals surface area contributed by atoms with Gasteiger partial charge in [-0.15, -0.1) is 0 Å². The third-order valence-electron chi connectivity index (χ3n) is 5.91. The van der Waals surface area contributed by atoms with Gasteiger partial charge in [-0.1, -0.05) is 6.92 Å². The molecule has 3 rings (SSSR count). The molecule has 0 aliphatic carbocycles. The number of hydrogen-bond donors (Lipinski definition) is 1. The Kier molecular flexibility index (Phi) is 6.96. The second kappa shape index (κ2) is 9.13. The summed E-state index contributed by atoms with van der Waals surface area (Å²) in [6.45, 7) is 15.1. The van der Waals surface area contributed by atoms with Crippen molar-refractivity contribution in [3.8, 4) is 0 Å². The normalized spacial score (nSPS) is 25.8. The van der Waals surface area contributed by atoms with Gasteiger partial charge in [0.2, 0.25) is 0 Å². The second-order valence-corrected chi connectivity index (χ2v) is 8.67. The maximum absolute atomic E-state index is 12.2. The van der Waals surface area contributed by atoms with E-state index < -0.39 is 6.23 Å². The fraction of sp³-hybridized carbons (Fsp3) is 0.762. The minimum Gasteiger partial charge on any atom is -0.376 e. The summed E-state index contributed by atoms with van der Waals surface area (Å²) >= 11 is 0. The van der Waals surface area contributed by atoms with Crippen LogP contribution < -0.4 is 5.56 Å². The fourth-order valence-electron chi connectivity index (χ4n) is 4.58. The summed E-state index contributed by atoms with van der Waals surface area (Å²) in [5.74, 6) is 0.629. The van der Waals surface area contributed by atoms with E-state index in [0.29, 0.717) is 35.7 Å². The first-order valence-corrected chi connectivity index (χ1v) is 10.7. The maximum Gasteiger partial charge on any atom is 0.279 e. The summed E-state index contributed by atoms with van der Waals surface area (Å²) in [5, 5.41) is 0. The highest BCUT2D eigenvalue weighted by molar-refractivity contribution is 5.69. The van der Waals surface area contributed by atoms with Crippen LogP contribution in [0.3, 0.4) is 0 Å². The van der Waals surface area contributed by atoms with E-state index in [1.54, 1.807) is 24.9 Å². The quantitative estimate of drug-likeness (QED) is 0.654. The Morgan fingerprint density at radius 3 is 2.53 bits per heavy atom. The number of aromatic nitrogens is 4. The molecule has 1 saturated heterocycles. The third-order valence-corrected chi connectivity index (χ3v) is 5.91. The van der Waals surface area contributed by atoms with Gasteiger partial charge in [0.15, 0.2) is 17.4 Å². The number of aryl methyl sites for hydroxylation is 1. The molecule has 30 heavy (non-hydrogen) atoms. The molecule has 2 aromatic heterocycles. The van der Waals surface area contributed by atoms with Crippen molar-refractivity contribution in [2.75, 3.05) is 13.7 Å². The Morgan fingerprint density at radius 1 is 1.27 bits per heavy atom. The lowest BCUT2D eigenvalue weighted by molar-refractivity contribution is -0.121. The number of nitrogens with one attached hydrogen (secondary N) is 1. The van der Waals surface area contributed by atoms with Gasteiger partial charge >= 0.3 is 0 Å². The number of methoxy groups -OCH3 is 1. The zero-order valence-electron chi connectivity index (χ0n) is 19.2. The monoisotopic (exact) mass is 421 g/mol. The van der Waals surface area contributed by atoms with Crippen LogP contribution in [0.25, 0.3) is 11.2 Å². The lowest BCUT2D eigenvalue weighted by atomic mass is 10.0. The molecule has 1 fully saturated rings. The molecule has 0 radical (unpaired) electrons. The van der Waals surface area contributed by atoms with Gasteiger partial charge in [0.25, 0.3) is 5.56 Å². The summed E-state index contributed by atoms with van der Waals surface area (Å²) in [7, 11) is 1.67. The number of fused-ring (bicyclic) bond motifs is 1. The van der Waals surface area contributed by atoms with E-state index in [4.69, 9.17) is 14.2 Å². The predicted molar refractivity (Wildman–Crippen MR) is 114 cm³/mol. The molecule has 0 aromatic carbocycles. The summed E-state index contributed by atoms with van der Waals surface area (Å²) in [4.78, 5) is 25.9. The predicted octanol–water partition coefficient (Wildman–Crippen LogP) is 2.46. The molecular formula is C21H35N5O4. The van der Waals surface area contributed by atoms with Gasteiger partial charge in [-0.2, -0.15) is 0 Å². The standard InChI is InChI=1S/C21H35N5O4/c1-11(2)26(12(3)4)15(7)29-9-16-13(5)18(28-8)21(30-16)25-10-22-17-19(25)23-14(6)24-20(17)27/h10-13,15-16,18,21H,9H2,1-8H3,(H,23,24,27)/t13-,15?,16+,18?,21+/m0/s1. The van der Waals surface area contributed by atoms with E-state index >= 15 is 0 Å². The zero-order valence-corrected chi connectivity index (χ0v) is 19.2. The topological polar surface area (TPSA) is 94.5 Å². The van der Waals surface area contributed by atoms with Gasteiger partial charge < -0.3 is 19.2 Å². The SMILES string of the molecule is COC1[C@@H](C)[C@@H](COC(C)N(C(C)C)C(C)C)O[C@H]1n1cnc2c(=O)[nH]c(C)nc21. The minimum atomic E-state index is -0.432. The molecule has 9 nitrogen and oxygen atoms in total. The van der Waals surface area contributed by atoms with Crippen molar-refractivity contribution >= 4 is 11.2 Å². The van der Waals surface area contributed by atoms with Crippen LogP contribution >= 0.6 is 0 Å².